The van der Waals surface area contributed by atoms with Gasteiger partial charge in [0.25, 0.3) is 0 Å². The first-order chi connectivity index (χ1) is 9.20. The van der Waals surface area contributed by atoms with Crippen molar-refractivity contribution in [1.29, 1.82) is 0 Å². The van der Waals surface area contributed by atoms with E-state index in [0.29, 0.717) is 0 Å². The molecular weight excluding hydrogens is 244 g/mol. The van der Waals surface area contributed by atoms with Crippen LogP contribution in [-0.2, 0) is 9.53 Å². The van der Waals surface area contributed by atoms with E-state index >= 15 is 0 Å². The zero-order chi connectivity index (χ0) is 13.7. The molecule has 19 heavy (non-hydrogen) atoms. The van der Waals surface area contributed by atoms with Gasteiger partial charge in [-0.15, -0.1) is 0 Å². The van der Waals surface area contributed by atoms with Gasteiger partial charge in [0.2, 0.25) is 5.91 Å². The highest BCUT2D eigenvalue weighted by molar-refractivity contribution is 5.73. The third kappa shape index (κ3) is 3.61. The van der Waals surface area contributed by atoms with Crippen molar-refractivity contribution in [3.05, 3.63) is 24.3 Å². The highest BCUT2D eigenvalue weighted by atomic mass is 16.7. The van der Waals surface area contributed by atoms with Crippen LogP contribution in [0.5, 0.6) is 5.75 Å². The largest absolute Gasteiger partial charge is 0.468 e. The zero-order valence-electron chi connectivity index (χ0n) is 11.5. The lowest BCUT2D eigenvalue weighted by atomic mass is 10.2. The number of methoxy groups -OCH3 is 1. The Kier molecular flexibility index (Phi) is 4.63. The van der Waals surface area contributed by atoms with Crippen molar-refractivity contribution in [2.24, 2.45) is 0 Å². The first-order valence-corrected chi connectivity index (χ1v) is 6.43. The molecule has 1 aliphatic heterocycles. The van der Waals surface area contributed by atoms with Crippen molar-refractivity contribution in [2.75, 3.05) is 45.0 Å². The molecule has 2 rings (SSSR count). The van der Waals surface area contributed by atoms with Gasteiger partial charge in [-0.05, 0) is 24.3 Å². The van der Waals surface area contributed by atoms with Gasteiger partial charge in [-0.3, -0.25) is 4.79 Å². The molecule has 0 saturated carbocycles. The predicted molar refractivity (Wildman–Crippen MR) is 73.4 cm³/mol. The van der Waals surface area contributed by atoms with E-state index in [9.17, 15) is 4.79 Å². The molecule has 0 N–H and O–H groups in total. The molecule has 104 valence electrons. The number of rotatable bonds is 4. The molecule has 1 fully saturated rings. The van der Waals surface area contributed by atoms with Gasteiger partial charge in [0.1, 0.15) is 5.75 Å². The van der Waals surface area contributed by atoms with Gasteiger partial charge in [0.15, 0.2) is 6.79 Å². The van der Waals surface area contributed by atoms with Crippen molar-refractivity contribution in [2.45, 2.75) is 6.92 Å². The Labute approximate surface area is 113 Å². The minimum Gasteiger partial charge on any atom is -0.468 e. The lowest BCUT2D eigenvalue weighted by molar-refractivity contribution is -0.129. The first-order valence-electron chi connectivity index (χ1n) is 6.43. The number of carbonyl (C=O) groups excluding carboxylic acids is 1. The van der Waals surface area contributed by atoms with Gasteiger partial charge in [-0.2, -0.15) is 0 Å². The van der Waals surface area contributed by atoms with Crippen LogP contribution in [0, 0.1) is 0 Å². The lowest BCUT2D eigenvalue weighted by Gasteiger charge is -2.35. The number of ether oxygens (including phenoxy) is 2. The summed E-state index contributed by atoms with van der Waals surface area (Å²) in [6, 6.07) is 7.94. The second kappa shape index (κ2) is 6.43. The highest BCUT2D eigenvalue weighted by Crippen LogP contribution is 2.20. The summed E-state index contributed by atoms with van der Waals surface area (Å²) >= 11 is 0. The van der Waals surface area contributed by atoms with Crippen LogP contribution in [0.3, 0.4) is 0 Å². The van der Waals surface area contributed by atoms with Gasteiger partial charge >= 0.3 is 0 Å². The number of piperazine rings is 1. The Morgan fingerprint density at radius 2 is 1.79 bits per heavy atom. The van der Waals surface area contributed by atoms with Gasteiger partial charge < -0.3 is 19.3 Å². The highest BCUT2D eigenvalue weighted by Gasteiger charge is 2.18. The molecule has 1 saturated heterocycles. The molecule has 0 atom stereocenters. The zero-order valence-corrected chi connectivity index (χ0v) is 11.5. The number of carbonyl (C=O) groups is 1. The average molecular weight is 264 g/mol. The van der Waals surface area contributed by atoms with Crippen LogP contribution < -0.4 is 9.64 Å². The average Bonchev–Trinajstić information content (AvgIpc) is 2.46. The van der Waals surface area contributed by atoms with Crippen LogP contribution in [0.4, 0.5) is 5.69 Å². The van der Waals surface area contributed by atoms with E-state index in [-0.39, 0.29) is 12.7 Å². The van der Waals surface area contributed by atoms with Crippen molar-refractivity contribution in [3.8, 4) is 5.75 Å². The summed E-state index contributed by atoms with van der Waals surface area (Å²) in [5, 5.41) is 0. The minimum absolute atomic E-state index is 0.156. The van der Waals surface area contributed by atoms with Crippen LogP contribution in [0.1, 0.15) is 6.92 Å². The maximum absolute atomic E-state index is 11.3. The fourth-order valence-corrected chi connectivity index (χ4v) is 2.16. The Bertz CT molecular complexity index is 411. The van der Waals surface area contributed by atoms with E-state index in [1.165, 1.54) is 0 Å². The van der Waals surface area contributed by atoms with Crippen molar-refractivity contribution in [1.82, 2.24) is 4.90 Å². The van der Waals surface area contributed by atoms with Gasteiger partial charge in [0.05, 0.1) is 0 Å². The summed E-state index contributed by atoms with van der Waals surface area (Å²) in [5.74, 6) is 0.955. The molecule has 1 aliphatic rings. The molecule has 0 bridgehead atoms. The molecule has 0 aromatic heterocycles. The maximum atomic E-state index is 11.3. The van der Waals surface area contributed by atoms with E-state index in [0.717, 1.165) is 37.6 Å². The van der Waals surface area contributed by atoms with Gasteiger partial charge in [-0.25, -0.2) is 0 Å². The van der Waals surface area contributed by atoms with Crippen LogP contribution in [-0.4, -0.2) is 50.9 Å². The van der Waals surface area contributed by atoms with Gasteiger partial charge in [0, 0.05) is 45.9 Å². The Morgan fingerprint density at radius 3 is 2.32 bits per heavy atom. The number of benzene rings is 1. The number of anilines is 1. The SMILES string of the molecule is COCOc1ccc(N2CCN(C(C)=O)CC2)cc1. The number of hydrogen-bond acceptors (Lipinski definition) is 4. The summed E-state index contributed by atoms with van der Waals surface area (Å²) in [6.45, 7) is 5.21. The number of nitrogens with zero attached hydrogens (tertiary/aromatic N) is 2. The molecule has 1 heterocycles. The molecular formula is C14H20N2O3. The molecule has 0 aliphatic carbocycles. The summed E-state index contributed by atoms with van der Waals surface area (Å²) in [7, 11) is 1.60. The quantitative estimate of drug-likeness (QED) is 0.770. The fraction of sp³-hybridized carbons (Fsp3) is 0.500. The van der Waals surface area contributed by atoms with E-state index in [1.54, 1.807) is 14.0 Å². The lowest BCUT2D eigenvalue weighted by Crippen LogP contribution is -2.48. The summed E-state index contributed by atoms with van der Waals surface area (Å²) in [5.41, 5.74) is 1.16. The van der Waals surface area contributed by atoms with Crippen molar-refractivity contribution in [3.63, 3.8) is 0 Å². The van der Waals surface area contributed by atoms with Gasteiger partial charge in [-0.1, -0.05) is 0 Å². The fourth-order valence-electron chi connectivity index (χ4n) is 2.16. The first kappa shape index (κ1) is 13.7. The molecule has 5 heteroatoms. The Hall–Kier alpha value is -1.75. The van der Waals surface area contributed by atoms with E-state index in [4.69, 9.17) is 9.47 Å². The third-order valence-electron chi connectivity index (χ3n) is 3.27. The van der Waals surface area contributed by atoms with E-state index in [1.807, 2.05) is 29.2 Å². The van der Waals surface area contributed by atoms with Crippen molar-refractivity contribution >= 4 is 11.6 Å². The van der Waals surface area contributed by atoms with Crippen LogP contribution in [0.2, 0.25) is 0 Å². The number of amides is 1. The van der Waals surface area contributed by atoms with E-state index in [2.05, 4.69) is 4.90 Å². The molecule has 5 nitrogen and oxygen atoms in total. The molecule has 0 radical (unpaired) electrons. The normalized spacial score (nSPS) is 15.5. The van der Waals surface area contributed by atoms with Crippen LogP contribution in [0.15, 0.2) is 24.3 Å². The van der Waals surface area contributed by atoms with E-state index < -0.39 is 0 Å². The summed E-state index contributed by atoms with van der Waals surface area (Å²) in [4.78, 5) is 15.4. The molecule has 1 aromatic carbocycles. The van der Waals surface area contributed by atoms with Crippen LogP contribution in [0.25, 0.3) is 0 Å². The molecule has 0 unspecified atom stereocenters. The summed E-state index contributed by atoms with van der Waals surface area (Å²) in [6.07, 6.45) is 0. The maximum Gasteiger partial charge on any atom is 0.219 e. The third-order valence-corrected chi connectivity index (χ3v) is 3.27. The molecule has 1 amide bonds. The molecule has 0 spiro atoms. The summed E-state index contributed by atoms with van der Waals surface area (Å²) < 4.78 is 10.2. The number of hydrogen-bond donors (Lipinski definition) is 0. The second-order valence-electron chi connectivity index (χ2n) is 4.54. The Balaban J connectivity index is 1.90. The predicted octanol–water partition coefficient (Wildman–Crippen LogP) is 1.34. The second-order valence-corrected chi connectivity index (χ2v) is 4.54. The topological polar surface area (TPSA) is 42.0 Å². The smallest absolute Gasteiger partial charge is 0.219 e. The standard InChI is InChI=1S/C14H20N2O3/c1-12(17)15-7-9-16(10-8-15)13-3-5-14(6-4-13)19-11-18-2/h3-6H,7-11H2,1-2H3. The Morgan fingerprint density at radius 1 is 1.16 bits per heavy atom. The van der Waals surface area contributed by atoms with Crippen LogP contribution >= 0.6 is 0 Å². The van der Waals surface area contributed by atoms with Crippen molar-refractivity contribution < 1.29 is 14.3 Å². The monoisotopic (exact) mass is 264 g/mol. The minimum atomic E-state index is 0.156. The molecule has 1 aromatic rings.